The van der Waals surface area contributed by atoms with Crippen molar-refractivity contribution in [3.63, 3.8) is 0 Å². The van der Waals surface area contributed by atoms with Crippen molar-refractivity contribution in [3.05, 3.63) is 66.2 Å². The van der Waals surface area contributed by atoms with Gasteiger partial charge < -0.3 is 21.4 Å². The Hall–Kier alpha value is -4.85. The zero-order chi connectivity index (χ0) is 29.2. The standard InChI is InChI=1S/C26H26F3N9O2/c1-14(37(2)3)11-18(30)23(39)17-12-38-22(24(31)32-13-33-38)21(17)15-7-9-16(10-8-15)34-25(40)36-20-6-4-5-19(35-20)26(27,28)29/h4-10,12-14,30H,11H2,1-3H3,(H2,31,32,33)(H2,34,35,36,40). The fourth-order valence-corrected chi connectivity index (χ4v) is 3.89. The van der Waals surface area contributed by atoms with Gasteiger partial charge in [0.25, 0.3) is 0 Å². The predicted octanol–water partition coefficient (Wildman–Crippen LogP) is 4.58. The fraction of sp³-hybridized carbons (Fsp3) is 0.231. The first-order valence-corrected chi connectivity index (χ1v) is 12.0. The van der Waals surface area contributed by atoms with Crippen LogP contribution in [0.2, 0.25) is 0 Å². The number of hydrogen-bond donors (Lipinski definition) is 4. The Morgan fingerprint density at radius 3 is 2.48 bits per heavy atom. The van der Waals surface area contributed by atoms with E-state index in [1.54, 1.807) is 24.3 Å². The Bertz CT molecular complexity index is 1580. The summed E-state index contributed by atoms with van der Waals surface area (Å²) in [6.07, 6.45) is -1.66. The molecule has 1 aromatic carbocycles. The molecule has 0 aliphatic heterocycles. The highest BCUT2D eigenvalue weighted by Crippen LogP contribution is 2.34. The Labute approximate surface area is 226 Å². The Kier molecular flexibility index (Phi) is 7.81. The molecule has 1 unspecified atom stereocenters. The van der Waals surface area contributed by atoms with Gasteiger partial charge in [0, 0.05) is 29.9 Å². The van der Waals surface area contributed by atoms with Crippen LogP contribution in [0.4, 0.5) is 35.3 Å². The van der Waals surface area contributed by atoms with Gasteiger partial charge in [0.2, 0.25) is 5.78 Å². The number of fused-ring (bicyclic) bond motifs is 1. The Morgan fingerprint density at radius 2 is 1.82 bits per heavy atom. The van der Waals surface area contributed by atoms with E-state index >= 15 is 0 Å². The van der Waals surface area contributed by atoms with Gasteiger partial charge in [-0.05, 0) is 50.8 Å². The molecule has 3 heterocycles. The molecule has 0 spiro atoms. The molecule has 1 atom stereocenters. The zero-order valence-corrected chi connectivity index (χ0v) is 21.7. The molecule has 40 heavy (non-hydrogen) atoms. The molecular formula is C26H26F3N9O2. The lowest BCUT2D eigenvalue weighted by molar-refractivity contribution is -0.141. The van der Waals surface area contributed by atoms with Crippen LogP contribution >= 0.6 is 0 Å². The number of urea groups is 1. The molecule has 0 saturated heterocycles. The van der Waals surface area contributed by atoms with Crippen molar-refractivity contribution in [3.8, 4) is 11.1 Å². The van der Waals surface area contributed by atoms with Gasteiger partial charge in [-0.25, -0.2) is 19.3 Å². The highest BCUT2D eigenvalue weighted by molar-refractivity contribution is 6.46. The highest BCUT2D eigenvalue weighted by atomic mass is 19.4. The van der Waals surface area contributed by atoms with Gasteiger partial charge in [0.1, 0.15) is 23.4 Å². The number of amides is 2. The molecule has 4 aromatic rings. The second-order valence-electron chi connectivity index (χ2n) is 9.24. The van der Waals surface area contributed by atoms with Crippen LogP contribution in [0.25, 0.3) is 16.6 Å². The van der Waals surface area contributed by atoms with Crippen molar-refractivity contribution in [2.24, 2.45) is 0 Å². The molecule has 14 heteroatoms. The van der Waals surface area contributed by atoms with Gasteiger partial charge in [-0.2, -0.15) is 18.3 Å². The molecular weight excluding hydrogens is 527 g/mol. The second kappa shape index (κ2) is 11.1. The SMILES string of the molecule is CC(CC(=N)C(=O)c1cn2ncnc(N)c2c1-c1ccc(NC(=O)Nc2cccc(C(F)(F)F)n2)cc1)N(C)C. The summed E-state index contributed by atoms with van der Waals surface area (Å²) in [5, 5.41) is 17.4. The van der Waals surface area contributed by atoms with E-state index in [0.29, 0.717) is 22.3 Å². The molecule has 11 nitrogen and oxygen atoms in total. The van der Waals surface area contributed by atoms with Crippen LogP contribution in [0.15, 0.2) is 55.0 Å². The zero-order valence-electron chi connectivity index (χ0n) is 21.7. The first kappa shape index (κ1) is 28.2. The normalized spacial score (nSPS) is 12.4. The molecule has 208 valence electrons. The maximum absolute atomic E-state index is 13.4. The Morgan fingerprint density at radius 1 is 1.12 bits per heavy atom. The van der Waals surface area contributed by atoms with Gasteiger partial charge in [0.15, 0.2) is 5.82 Å². The minimum atomic E-state index is -4.65. The number of aromatic nitrogens is 4. The third-order valence-electron chi connectivity index (χ3n) is 6.21. The van der Waals surface area contributed by atoms with Gasteiger partial charge in [-0.1, -0.05) is 18.2 Å². The highest BCUT2D eigenvalue weighted by Gasteiger charge is 2.32. The monoisotopic (exact) mass is 553 g/mol. The largest absolute Gasteiger partial charge is 0.433 e. The number of Topliss-reactive ketones (excluding diaryl/α,β-unsaturated/α-hetero) is 1. The van der Waals surface area contributed by atoms with Crippen molar-refractivity contribution in [2.75, 3.05) is 30.5 Å². The van der Waals surface area contributed by atoms with Crippen LogP contribution in [-0.2, 0) is 6.18 Å². The van der Waals surface area contributed by atoms with E-state index in [4.69, 9.17) is 11.1 Å². The van der Waals surface area contributed by atoms with Crippen molar-refractivity contribution in [1.29, 1.82) is 5.41 Å². The average molecular weight is 554 g/mol. The molecule has 0 fully saturated rings. The van der Waals surface area contributed by atoms with Gasteiger partial charge in [-0.15, -0.1) is 0 Å². The summed E-state index contributed by atoms with van der Waals surface area (Å²) in [7, 11) is 3.73. The number of carbonyl (C=O) groups is 2. The van der Waals surface area contributed by atoms with E-state index in [0.717, 1.165) is 12.1 Å². The van der Waals surface area contributed by atoms with Crippen molar-refractivity contribution < 1.29 is 22.8 Å². The maximum Gasteiger partial charge on any atom is 0.433 e. The fourth-order valence-electron chi connectivity index (χ4n) is 3.89. The lowest BCUT2D eigenvalue weighted by Crippen LogP contribution is -2.29. The minimum Gasteiger partial charge on any atom is -0.382 e. The quantitative estimate of drug-likeness (QED) is 0.184. The number of halogens is 3. The van der Waals surface area contributed by atoms with E-state index in [9.17, 15) is 22.8 Å². The number of nitrogens with zero attached hydrogens (tertiary/aromatic N) is 5. The van der Waals surface area contributed by atoms with Crippen molar-refractivity contribution in [1.82, 2.24) is 24.5 Å². The first-order chi connectivity index (χ1) is 18.8. The molecule has 0 radical (unpaired) electrons. The van der Waals surface area contributed by atoms with Crippen LogP contribution in [0.3, 0.4) is 0 Å². The summed E-state index contributed by atoms with van der Waals surface area (Å²) in [6.45, 7) is 1.91. The topological polar surface area (TPSA) is 154 Å². The molecule has 2 amide bonds. The van der Waals surface area contributed by atoms with E-state index in [1.807, 2.05) is 25.9 Å². The Balaban J connectivity index is 1.59. The number of alkyl halides is 3. The summed E-state index contributed by atoms with van der Waals surface area (Å²) < 4.78 is 40.1. The lowest BCUT2D eigenvalue weighted by atomic mass is 9.96. The summed E-state index contributed by atoms with van der Waals surface area (Å²) in [6, 6.07) is 8.68. The van der Waals surface area contributed by atoms with Gasteiger partial charge in [0.05, 0.1) is 11.3 Å². The van der Waals surface area contributed by atoms with E-state index < -0.39 is 23.7 Å². The summed E-state index contributed by atoms with van der Waals surface area (Å²) in [5.74, 6) is -0.620. The van der Waals surface area contributed by atoms with Crippen LogP contribution in [-0.4, -0.2) is 62.1 Å². The van der Waals surface area contributed by atoms with Crippen LogP contribution in [0.1, 0.15) is 29.4 Å². The molecule has 0 aliphatic carbocycles. The minimum absolute atomic E-state index is 0.0376. The number of anilines is 3. The van der Waals surface area contributed by atoms with Crippen LogP contribution < -0.4 is 16.4 Å². The summed E-state index contributed by atoms with van der Waals surface area (Å²) in [4.78, 5) is 35.1. The predicted molar refractivity (Wildman–Crippen MR) is 145 cm³/mol. The van der Waals surface area contributed by atoms with E-state index in [1.165, 1.54) is 23.1 Å². The number of nitrogens with one attached hydrogen (secondary N) is 3. The second-order valence-corrected chi connectivity index (χ2v) is 9.24. The average Bonchev–Trinajstić information content (AvgIpc) is 3.29. The number of ketones is 1. The molecule has 0 aliphatic rings. The van der Waals surface area contributed by atoms with Crippen LogP contribution in [0, 0.1) is 5.41 Å². The molecule has 4 rings (SSSR count). The number of pyridine rings is 1. The third kappa shape index (κ3) is 6.07. The number of hydrogen-bond acceptors (Lipinski definition) is 8. The lowest BCUT2D eigenvalue weighted by Gasteiger charge is -2.19. The molecule has 5 N–H and O–H groups in total. The van der Waals surface area contributed by atoms with E-state index in [2.05, 4.69) is 25.7 Å². The summed E-state index contributed by atoms with van der Waals surface area (Å²) in [5.41, 5.74) is 6.81. The maximum atomic E-state index is 13.4. The number of carbonyl (C=O) groups excluding carboxylic acids is 2. The summed E-state index contributed by atoms with van der Waals surface area (Å²) >= 11 is 0. The van der Waals surface area contributed by atoms with Crippen LogP contribution in [0.5, 0.6) is 0 Å². The van der Waals surface area contributed by atoms with Crippen molar-refractivity contribution in [2.45, 2.75) is 25.6 Å². The van der Waals surface area contributed by atoms with E-state index in [-0.39, 0.29) is 35.4 Å². The van der Waals surface area contributed by atoms with Gasteiger partial charge in [-0.3, -0.25) is 10.1 Å². The van der Waals surface area contributed by atoms with Gasteiger partial charge >= 0.3 is 12.2 Å². The molecule has 0 bridgehead atoms. The third-order valence-corrected chi connectivity index (χ3v) is 6.21. The number of rotatable bonds is 8. The first-order valence-electron chi connectivity index (χ1n) is 12.0. The smallest absolute Gasteiger partial charge is 0.382 e. The molecule has 3 aromatic heterocycles. The van der Waals surface area contributed by atoms with Crippen molar-refractivity contribution >= 4 is 40.4 Å². The number of nitrogen functional groups attached to an aromatic ring is 1. The number of benzene rings is 1. The number of nitrogens with two attached hydrogens (primary N) is 1. The molecule has 0 saturated carbocycles.